The van der Waals surface area contributed by atoms with Crippen LogP contribution in [0.1, 0.15) is 33.3 Å². The van der Waals surface area contributed by atoms with E-state index in [0.717, 1.165) is 11.3 Å². The van der Waals surface area contributed by atoms with Gasteiger partial charge in [-0.3, -0.25) is 4.79 Å². The van der Waals surface area contributed by atoms with E-state index in [1.165, 1.54) is 7.11 Å². The van der Waals surface area contributed by atoms with Crippen molar-refractivity contribution in [2.45, 2.75) is 38.7 Å². The van der Waals surface area contributed by atoms with Gasteiger partial charge in [-0.15, -0.1) is 0 Å². The fourth-order valence-electron chi connectivity index (χ4n) is 1.50. The molecule has 0 spiro atoms. The molecule has 0 aliphatic carbocycles. The number of benzene rings is 1. The Labute approximate surface area is 115 Å². The molecule has 0 unspecified atom stereocenters. The molecule has 4 heteroatoms. The van der Waals surface area contributed by atoms with Gasteiger partial charge in [-0.1, -0.05) is 26.0 Å². The number of hydrogen-bond acceptors (Lipinski definition) is 3. The van der Waals surface area contributed by atoms with Gasteiger partial charge >= 0.3 is 0 Å². The van der Waals surface area contributed by atoms with Crippen LogP contribution in [0, 0.1) is 0 Å². The summed E-state index contributed by atoms with van der Waals surface area (Å²) in [6.45, 7) is 8.22. The zero-order chi connectivity index (χ0) is 14.7. The molecule has 0 aliphatic rings. The highest BCUT2D eigenvalue weighted by Crippen LogP contribution is 2.23. The lowest BCUT2D eigenvalue weighted by Crippen LogP contribution is -2.38. The molecule has 0 bridgehead atoms. The summed E-state index contributed by atoms with van der Waals surface area (Å²) in [5, 5.41) is 2.83. The predicted octanol–water partition coefficient (Wildman–Crippen LogP) is 2.29. The largest absolute Gasteiger partial charge is 0.369 e. The summed E-state index contributed by atoms with van der Waals surface area (Å²) < 4.78 is 5.14. The molecule has 1 amide bonds. The second kappa shape index (κ2) is 5.72. The summed E-state index contributed by atoms with van der Waals surface area (Å²) in [6.07, 6.45) is 0. The first-order chi connectivity index (χ1) is 8.73. The average molecular weight is 264 g/mol. The minimum Gasteiger partial charge on any atom is -0.369 e. The normalized spacial score (nSPS) is 12.3. The lowest BCUT2D eigenvalue weighted by Gasteiger charge is -2.24. The number of anilines is 1. The standard InChI is InChI=1S/C15H24N2O2/c1-14(2,10-16)11-6-8-12(9-7-11)17-13(18)15(3,4)19-5/h6-9H,10,16H2,1-5H3,(H,17,18). The van der Waals surface area contributed by atoms with Crippen molar-refractivity contribution in [3.05, 3.63) is 29.8 Å². The molecule has 19 heavy (non-hydrogen) atoms. The molecule has 0 saturated carbocycles. The van der Waals surface area contributed by atoms with Crippen LogP contribution in [0.4, 0.5) is 5.69 Å². The Bertz CT molecular complexity index is 436. The molecular formula is C15H24N2O2. The zero-order valence-corrected chi connectivity index (χ0v) is 12.4. The zero-order valence-electron chi connectivity index (χ0n) is 12.4. The molecule has 1 rings (SSSR count). The maximum Gasteiger partial charge on any atom is 0.256 e. The lowest BCUT2D eigenvalue weighted by molar-refractivity contribution is -0.133. The van der Waals surface area contributed by atoms with Crippen LogP contribution in [0.5, 0.6) is 0 Å². The third-order valence-electron chi connectivity index (χ3n) is 3.49. The van der Waals surface area contributed by atoms with E-state index in [1.54, 1.807) is 13.8 Å². The molecule has 3 N–H and O–H groups in total. The first-order valence-electron chi connectivity index (χ1n) is 6.40. The van der Waals surface area contributed by atoms with Crippen LogP contribution in [-0.2, 0) is 14.9 Å². The summed E-state index contributed by atoms with van der Waals surface area (Å²) in [7, 11) is 1.52. The van der Waals surface area contributed by atoms with E-state index < -0.39 is 5.60 Å². The van der Waals surface area contributed by atoms with Crippen molar-refractivity contribution in [3.63, 3.8) is 0 Å². The summed E-state index contributed by atoms with van der Waals surface area (Å²) in [6, 6.07) is 7.75. The summed E-state index contributed by atoms with van der Waals surface area (Å²) in [4.78, 5) is 11.9. The number of ether oxygens (including phenoxy) is 1. The third kappa shape index (κ3) is 3.78. The Hall–Kier alpha value is -1.39. The first kappa shape index (κ1) is 15.7. The number of rotatable bonds is 5. The first-order valence-corrected chi connectivity index (χ1v) is 6.40. The molecular weight excluding hydrogens is 240 g/mol. The van der Waals surface area contributed by atoms with E-state index in [-0.39, 0.29) is 11.3 Å². The monoisotopic (exact) mass is 264 g/mol. The third-order valence-corrected chi connectivity index (χ3v) is 3.49. The minimum atomic E-state index is -0.838. The van der Waals surface area contributed by atoms with Crippen LogP contribution >= 0.6 is 0 Å². The second-order valence-electron chi connectivity index (χ2n) is 5.83. The quantitative estimate of drug-likeness (QED) is 0.857. The van der Waals surface area contributed by atoms with Crippen molar-refractivity contribution in [3.8, 4) is 0 Å². The van der Waals surface area contributed by atoms with Gasteiger partial charge in [0.15, 0.2) is 0 Å². The Morgan fingerprint density at radius 2 is 1.74 bits per heavy atom. The molecule has 0 aromatic heterocycles. The number of amides is 1. The van der Waals surface area contributed by atoms with Crippen molar-refractivity contribution >= 4 is 11.6 Å². The smallest absolute Gasteiger partial charge is 0.256 e. The summed E-state index contributed by atoms with van der Waals surface area (Å²) >= 11 is 0. The molecule has 1 aromatic rings. The van der Waals surface area contributed by atoms with Crippen molar-refractivity contribution < 1.29 is 9.53 Å². The van der Waals surface area contributed by atoms with Crippen LogP contribution in [0.25, 0.3) is 0 Å². The van der Waals surface area contributed by atoms with Crippen molar-refractivity contribution in [1.29, 1.82) is 0 Å². The Morgan fingerprint density at radius 1 is 1.21 bits per heavy atom. The van der Waals surface area contributed by atoms with Gasteiger partial charge in [0.1, 0.15) is 5.60 Å². The second-order valence-corrected chi connectivity index (χ2v) is 5.83. The molecule has 0 aliphatic heterocycles. The van der Waals surface area contributed by atoms with Crippen molar-refractivity contribution in [2.24, 2.45) is 5.73 Å². The summed E-state index contributed by atoms with van der Waals surface area (Å²) in [5.74, 6) is -0.166. The molecule has 0 fully saturated rings. The minimum absolute atomic E-state index is 0.0612. The highest BCUT2D eigenvalue weighted by atomic mass is 16.5. The number of carbonyl (C=O) groups excluding carboxylic acids is 1. The van der Waals surface area contributed by atoms with Gasteiger partial charge in [-0.05, 0) is 31.5 Å². The van der Waals surface area contributed by atoms with E-state index in [2.05, 4.69) is 19.2 Å². The molecule has 0 heterocycles. The number of nitrogens with two attached hydrogens (primary N) is 1. The lowest BCUT2D eigenvalue weighted by atomic mass is 9.85. The van der Waals surface area contributed by atoms with Crippen LogP contribution in [0.3, 0.4) is 0 Å². The fourth-order valence-corrected chi connectivity index (χ4v) is 1.50. The number of carbonyl (C=O) groups is 1. The highest BCUT2D eigenvalue weighted by Gasteiger charge is 2.27. The molecule has 106 valence electrons. The molecule has 0 atom stereocenters. The molecule has 0 saturated heterocycles. The number of methoxy groups -OCH3 is 1. The van der Waals surface area contributed by atoms with E-state index >= 15 is 0 Å². The van der Waals surface area contributed by atoms with Crippen LogP contribution in [0.15, 0.2) is 24.3 Å². The van der Waals surface area contributed by atoms with E-state index in [4.69, 9.17) is 10.5 Å². The Kier molecular flexibility index (Phi) is 4.71. The predicted molar refractivity (Wildman–Crippen MR) is 78.2 cm³/mol. The molecule has 1 aromatic carbocycles. The van der Waals surface area contributed by atoms with Crippen LogP contribution < -0.4 is 11.1 Å². The number of nitrogens with one attached hydrogen (secondary N) is 1. The highest BCUT2D eigenvalue weighted by molar-refractivity contribution is 5.96. The SMILES string of the molecule is COC(C)(C)C(=O)Nc1ccc(C(C)(C)CN)cc1. The van der Waals surface area contributed by atoms with E-state index in [0.29, 0.717) is 6.54 Å². The van der Waals surface area contributed by atoms with Gasteiger partial charge in [0, 0.05) is 24.8 Å². The van der Waals surface area contributed by atoms with Crippen molar-refractivity contribution in [2.75, 3.05) is 19.0 Å². The van der Waals surface area contributed by atoms with Crippen molar-refractivity contribution in [1.82, 2.24) is 0 Å². The maximum atomic E-state index is 11.9. The van der Waals surface area contributed by atoms with Crippen LogP contribution in [0.2, 0.25) is 0 Å². The van der Waals surface area contributed by atoms with Gasteiger partial charge in [0.05, 0.1) is 0 Å². The Balaban J connectivity index is 2.81. The summed E-state index contributed by atoms with van der Waals surface area (Å²) in [5.41, 5.74) is 6.75. The van der Waals surface area contributed by atoms with Gasteiger partial charge in [-0.25, -0.2) is 0 Å². The maximum absolute atomic E-state index is 11.9. The molecule has 0 radical (unpaired) electrons. The van der Waals surface area contributed by atoms with Gasteiger partial charge in [-0.2, -0.15) is 0 Å². The topological polar surface area (TPSA) is 64.3 Å². The fraction of sp³-hybridized carbons (Fsp3) is 0.533. The van der Waals surface area contributed by atoms with E-state index in [9.17, 15) is 4.79 Å². The average Bonchev–Trinajstić information content (AvgIpc) is 2.39. The Morgan fingerprint density at radius 3 is 2.16 bits per heavy atom. The van der Waals surface area contributed by atoms with Gasteiger partial charge in [0.2, 0.25) is 0 Å². The van der Waals surface area contributed by atoms with Gasteiger partial charge < -0.3 is 15.8 Å². The van der Waals surface area contributed by atoms with E-state index in [1.807, 2.05) is 24.3 Å². The molecule has 4 nitrogen and oxygen atoms in total. The number of hydrogen-bond donors (Lipinski definition) is 2. The van der Waals surface area contributed by atoms with Crippen LogP contribution in [-0.4, -0.2) is 25.2 Å². The van der Waals surface area contributed by atoms with Gasteiger partial charge in [0.25, 0.3) is 5.91 Å².